The van der Waals surface area contributed by atoms with E-state index >= 15 is 0 Å². The number of nitrogens with two attached hydrogens (primary N) is 1. The Bertz CT molecular complexity index is 976. The number of carbonyl (C=O) groups excluding carboxylic acids is 3. The molecule has 0 radical (unpaired) electrons. The maximum Gasteiger partial charge on any atom is 0.259 e. The SMILES string of the molecule is CC1C(=O)Nc2cc(C(=O)NC3CCCCC3N)ccc2N1C(=O)c1ccccc1. The molecule has 156 valence electrons. The number of amides is 3. The zero-order valence-electron chi connectivity index (χ0n) is 16.9. The largest absolute Gasteiger partial charge is 0.348 e. The van der Waals surface area contributed by atoms with Crippen LogP contribution >= 0.6 is 0 Å². The summed E-state index contributed by atoms with van der Waals surface area (Å²) >= 11 is 0. The van der Waals surface area contributed by atoms with Gasteiger partial charge in [-0.05, 0) is 50.1 Å². The molecule has 0 bridgehead atoms. The summed E-state index contributed by atoms with van der Waals surface area (Å²) in [7, 11) is 0. The number of hydrogen-bond donors (Lipinski definition) is 3. The third-order valence-electron chi connectivity index (χ3n) is 5.92. The van der Waals surface area contributed by atoms with Crippen molar-refractivity contribution in [1.82, 2.24) is 5.32 Å². The van der Waals surface area contributed by atoms with Gasteiger partial charge in [-0.2, -0.15) is 0 Å². The van der Waals surface area contributed by atoms with Crippen molar-refractivity contribution in [1.29, 1.82) is 0 Å². The van der Waals surface area contributed by atoms with E-state index in [1.165, 1.54) is 4.90 Å². The minimum absolute atomic E-state index is 0.0418. The van der Waals surface area contributed by atoms with Crippen molar-refractivity contribution in [2.45, 2.75) is 50.7 Å². The molecule has 7 nitrogen and oxygen atoms in total. The third kappa shape index (κ3) is 3.80. The van der Waals surface area contributed by atoms with Crippen molar-refractivity contribution in [2.24, 2.45) is 5.73 Å². The first kappa shape index (κ1) is 20.1. The Hall–Kier alpha value is -3.19. The molecule has 3 unspecified atom stereocenters. The van der Waals surface area contributed by atoms with Gasteiger partial charge in [0.25, 0.3) is 11.8 Å². The Labute approximate surface area is 175 Å². The molecular weight excluding hydrogens is 380 g/mol. The predicted molar refractivity (Wildman–Crippen MR) is 115 cm³/mol. The second-order valence-corrected chi connectivity index (χ2v) is 7.97. The third-order valence-corrected chi connectivity index (χ3v) is 5.92. The number of anilines is 2. The molecule has 1 aliphatic heterocycles. The summed E-state index contributed by atoms with van der Waals surface area (Å²) in [4.78, 5) is 39.9. The van der Waals surface area contributed by atoms with Gasteiger partial charge >= 0.3 is 0 Å². The second kappa shape index (κ2) is 8.28. The zero-order chi connectivity index (χ0) is 21.3. The lowest BCUT2D eigenvalue weighted by molar-refractivity contribution is -0.117. The summed E-state index contributed by atoms with van der Waals surface area (Å²) in [6.07, 6.45) is 3.90. The van der Waals surface area contributed by atoms with Crippen LogP contribution in [0.1, 0.15) is 53.3 Å². The molecule has 2 aromatic rings. The number of nitrogens with zero attached hydrogens (tertiary/aromatic N) is 1. The monoisotopic (exact) mass is 406 g/mol. The molecule has 2 aromatic carbocycles. The molecule has 30 heavy (non-hydrogen) atoms. The van der Waals surface area contributed by atoms with Crippen molar-refractivity contribution < 1.29 is 14.4 Å². The molecule has 0 spiro atoms. The number of hydrogen-bond acceptors (Lipinski definition) is 4. The van der Waals surface area contributed by atoms with Crippen molar-refractivity contribution in [3.05, 3.63) is 59.7 Å². The predicted octanol–water partition coefficient (Wildman–Crippen LogP) is 2.67. The molecule has 3 amide bonds. The van der Waals surface area contributed by atoms with E-state index in [9.17, 15) is 14.4 Å². The van der Waals surface area contributed by atoms with Gasteiger partial charge in [-0.1, -0.05) is 31.0 Å². The fourth-order valence-corrected chi connectivity index (χ4v) is 4.15. The van der Waals surface area contributed by atoms with Crippen molar-refractivity contribution in [2.75, 3.05) is 10.2 Å². The average molecular weight is 406 g/mol. The van der Waals surface area contributed by atoms with E-state index in [0.717, 1.165) is 25.7 Å². The first-order valence-corrected chi connectivity index (χ1v) is 10.4. The Morgan fingerprint density at radius 3 is 2.53 bits per heavy atom. The normalized spacial score (nSPS) is 23.3. The minimum atomic E-state index is -0.662. The van der Waals surface area contributed by atoms with Gasteiger partial charge in [0, 0.05) is 23.2 Å². The highest BCUT2D eigenvalue weighted by Gasteiger charge is 2.35. The quantitative estimate of drug-likeness (QED) is 0.729. The Kier molecular flexibility index (Phi) is 5.55. The Morgan fingerprint density at radius 1 is 1.07 bits per heavy atom. The van der Waals surface area contributed by atoms with Gasteiger partial charge in [0.15, 0.2) is 0 Å². The van der Waals surface area contributed by atoms with Crippen LogP contribution in [-0.2, 0) is 4.79 Å². The lowest BCUT2D eigenvalue weighted by Crippen LogP contribution is -2.50. The maximum atomic E-state index is 13.1. The van der Waals surface area contributed by atoms with Crippen LogP contribution in [0.5, 0.6) is 0 Å². The lowest BCUT2D eigenvalue weighted by Gasteiger charge is -2.35. The van der Waals surface area contributed by atoms with E-state index in [1.807, 2.05) is 6.07 Å². The highest BCUT2D eigenvalue weighted by molar-refractivity contribution is 6.17. The molecule has 2 aliphatic rings. The molecule has 1 saturated carbocycles. The lowest BCUT2D eigenvalue weighted by atomic mass is 9.91. The fraction of sp³-hybridized carbons (Fsp3) is 0.348. The first-order chi connectivity index (χ1) is 14.5. The van der Waals surface area contributed by atoms with E-state index in [1.54, 1.807) is 49.4 Å². The first-order valence-electron chi connectivity index (χ1n) is 10.4. The number of nitrogens with one attached hydrogen (secondary N) is 2. The number of fused-ring (bicyclic) bond motifs is 1. The van der Waals surface area contributed by atoms with Gasteiger partial charge in [-0.3, -0.25) is 19.3 Å². The smallest absolute Gasteiger partial charge is 0.259 e. The number of benzene rings is 2. The van der Waals surface area contributed by atoms with E-state index in [4.69, 9.17) is 5.73 Å². The Balaban J connectivity index is 1.61. The van der Waals surface area contributed by atoms with Gasteiger partial charge in [0.1, 0.15) is 6.04 Å². The molecule has 4 N–H and O–H groups in total. The minimum Gasteiger partial charge on any atom is -0.348 e. The van der Waals surface area contributed by atoms with Crippen molar-refractivity contribution >= 4 is 29.1 Å². The molecular formula is C23H26N4O3. The summed E-state index contributed by atoms with van der Waals surface area (Å²) < 4.78 is 0. The molecule has 1 fully saturated rings. The van der Waals surface area contributed by atoms with E-state index in [2.05, 4.69) is 10.6 Å². The van der Waals surface area contributed by atoms with Gasteiger partial charge in [0.2, 0.25) is 5.91 Å². The van der Waals surface area contributed by atoms with Crippen LogP contribution < -0.4 is 21.3 Å². The van der Waals surface area contributed by atoms with Crippen LogP contribution in [0.4, 0.5) is 11.4 Å². The maximum absolute atomic E-state index is 13.1. The standard InChI is InChI=1S/C23H26N4O3/c1-14-21(28)26-19-13-16(22(29)25-18-10-6-5-9-17(18)24)11-12-20(19)27(14)23(30)15-7-3-2-4-8-15/h2-4,7-8,11-14,17-18H,5-6,9-10,24H2,1H3,(H,25,29)(H,26,28). The summed E-state index contributed by atoms with van der Waals surface area (Å²) in [5, 5.41) is 5.83. The zero-order valence-corrected chi connectivity index (χ0v) is 16.9. The summed E-state index contributed by atoms with van der Waals surface area (Å²) in [6, 6.07) is 13.1. The van der Waals surface area contributed by atoms with Crippen LogP contribution in [0.2, 0.25) is 0 Å². The molecule has 3 atom stereocenters. The molecule has 0 aromatic heterocycles. The molecule has 1 aliphatic carbocycles. The van der Waals surface area contributed by atoms with Gasteiger partial charge in [-0.15, -0.1) is 0 Å². The van der Waals surface area contributed by atoms with Gasteiger partial charge in [0.05, 0.1) is 11.4 Å². The van der Waals surface area contributed by atoms with E-state index < -0.39 is 6.04 Å². The Morgan fingerprint density at radius 2 is 1.80 bits per heavy atom. The number of rotatable bonds is 3. The van der Waals surface area contributed by atoms with Crippen molar-refractivity contribution in [3.63, 3.8) is 0 Å². The van der Waals surface area contributed by atoms with Crippen LogP contribution in [-0.4, -0.2) is 35.8 Å². The van der Waals surface area contributed by atoms with Crippen LogP contribution in [0, 0.1) is 0 Å². The van der Waals surface area contributed by atoms with Gasteiger partial charge < -0.3 is 16.4 Å². The number of carbonyl (C=O) groups is 3. The van der Waals surface area contributed by atoms with Crippen LogP contribution in [0.15, 0.2) is 48.5 Å². The molecule has 0 saturated heterocycles. The summed E-state index contributed by atoms with van der Waals surface area (Å²) in [5.41, 5.74) is 8.08. The molecule has 4 rings (SSSR count). The van der Waals surface area contributed by atoms with E-state index in [-0.39, 0.29) is 29.8 Å². The van der Waals surface area contributed by atoms with E-state index in [0.29, 0.717) is 22.5 Å². The van der Waals surface area contributed by atoms with Crippen molar-refractivity contribution in [3.8, 4) is 0 Å². The van der Waals surface area contributed by atoms with Gasteiger partial charge in [-0.25, -0.2) is 0 Å². The van der Waals surface area contributed by atoms with Crippen LogP contribution in [0.3, 0.4) is 0 Å². The molecule has 1 heterocycles. The average Bonchev–Trinajstić information content (AvgIpc) is 2.76. The highest BCUT2D eigenvalue weighted by atomic mass is 16.2. The summed E-state index contributed by atoms with van der Waals surface area (Å²) in [6.45, 7) is 1.68. The molecule has 7 heteroatoms. The fourth-order valence-electron chi connectivity index (χ4n) is 4.15. The van der Waals surface area contributed by atoms with Crippen LogP contribution in [0.25, 0.3) is 0 Å². The summed E-state index contributed by atoms with van der Waals surface area (Å²) in [5.74, 6) is -0.780. The highest BCUT2D eigenvalue weighted by Crippen LogP contribution is 2.34. The topological polar surface area (TPSA) is 105 Å². The second-order valence-electron chi connectivity index (χ2n) is 7.97.